The molecule has 0 saturated carbocycles. The Balaban J connectivity index is 4.44. The predicted molar refractivity (Wildman–Crippen MR) is 339 cm³/mol. The van der Waals surface area contributed by atoms with Crippen molar-refractivity contribution in [2.45, 2.75) is 329 Å². The number of rotatable bonds is 60. The summed E-state index contributed by atoms with van der Waals surface area (Å²) in [6, 6.07) is 0. The van der Waals surface area contributed by atoms with Gasteiger partial charge in [0.15, 0.2) is 6.10 Å². The fourth-order valence-corrected chi connectivity index (χ4v) is 9.38. The molecule has 0 aliphatic rings. The van der Waals surface area contributed by atoms with E-state index in [9.17, 15) is 14.4 Å². The van der Waals surface area contributed by atoms with Crippen LogP contribution in [0.25, 0.3) is 0 Å². The summed E-state index contributed by atoms with van der Waals surface area (Å²) in [5, 5.41) is 0. The molecule has 6 nitrogen and oxygen atoms in total. The van der Waals surface area contributed by atoms with Gasteiger partial charge in [0.05, 0.1) is 0 Å². The second kappa shape index (κ2) is 65.8. The number of esters is 3. The molecule has 0 radical (unpaired) electrons. The monoisotopic (exact) mass is 1080 g/mol. The van der Waals surface area contributed by atoms with Crippen LogP contribution in [0.4, 0.5) is 0 Å². The van der Waals surface area contributed by atoms with Crippen LogP contribution in [0.3, 0.4) is 0 Å². The molecule has 448 valence electrons. The topological polar surface area (TPSA) is 78.9 Å². The molecule has 0 aromatic rings. The van der Waals surface area contributed by atoms with Gasteiger partial charge in [0, 0.05) is 19.3 Å². The van der Waals surface area contributed by atoms with Crippen molar-refractivity contribution in [3.63, 3.8) is 0 Å². The number of carbonyl (C=O) groups excluding carboxylic acids is 3. The lowest BCUT2D eigenvalue weighted by Gasteiger charge is -2.18. The third-order valence-corrected chi connectivity index (χ3v) is 14.3. The van der Waals surface area contributed by atoms with Gasteiger partial charge in [-0.15, -0.1) is 0 Å². The van der Waals surface area contributed by atoms with E-state index in [-0.39, 0.29) is 31.6 Å². The summed E-state index contributed by atoms with van der Waals surface area (Å²) < 4.78 is 16.9. The van der Waals surface area contributed by atoms with Gasteiger partial charge in [-0.05, 0) is 89.9 Å². The highest BCUT2D eigenvalue weighted by atomic mass is 16.6. The molecule has 0 aliphatic heterocycles. The van der Waals surface area contributed by atoms with Crippen LogP contribution in [0.1, 0.15) is 323 Å². The number of hydrogen-bond acceptors (Lipinski definition) is 6. The molecule has 0 aromatic carbocycles. The Morgan fingerprint density at radius 2 is 0.526 bits per heavy atom. The Morgan fingerprint density at radius 3 is 0.846 bits per heavy atom. The van der Waals surface area contributed by atoms with Gasteiger partial charge in [0.1, 0.15) is 13.2 Å². The molecule has 6 heteroatoms. The Labute approximate surface area is 483 Å². The largest absolute Gasteiger partial charge is 0.462 e. The van der Waals surface area contributed by atoms with Gasteiger partial charge < -0.3 is 14.2 Å². The summed E-state index contributed by atoms with van der Waals surface area (Å²) in [6.45, 7) is 6.48. The predicted octanol–water partition coefficient (Wildman–Crippen LogP) is 22.8. The summed E-state index contributed by atoms with van der Waals surface area (Å²) in [7, 11) is 0. The van der Waals surface area contributed by atoms with Crippen molar-refractivity contribution in [2.24, 2.45) is 0 Å². The van der Waals surface area contributed by atoms with E-state index in [1.165, 1.54) is 186 Å². The average molecular weight is 1090 g/mol. The Hall–Kier alpha value is -3.67. The van der Waals surface area contributed by atoms with E-state index >= 15 is 0 Å². The number of hydrogen-bond donors (Lipinski definition) is 0. The third kappa shape index (κ3) is 63.2. The minimum atomic E-state index is -0.823. The van der Waals surface area contributed by atoms with E-state index in [2.05, 4.69) is 112 Å². The smallest absolute Gasteiger partial charge is 0.306 e. The Kier molecular flexibility index (Phi) is 62.7. The fourth-order valence-electron chi connectivity index (χ4n) is 9.38. The van der Waals surface area contributed by atoms with Gasteiger partial charge in [0.25, 0.3) is 0 Å². The van der Waals surface area contributed by atoms with E-state index in [4.69, 9.17) is 14.2 Å². The summed E-state index contributed by atoms with van der Waals surface area (Å²) in [5.41, 5.74) is 0. The molecule has 0 saturated heterocycles. The highest BCUT2D eigenvalue weighted by molar-refractivity contribution is 5.71. The van der Waals surface area contributed by atoms with E-state index < -0.39 is 12.1 Å². The van der Waals surface area contributed by atoms with Crippen LogP contribution in [0.5, 0.6) is 0 Å². The highest BCUT2D eigenvalue weighted by Gasteiger charge is 2.19. The van der Waals surface area contributed by atoms with Crippen LogP contribution in [-0.4, -0.2) is 37.2 Å². The molecule has 0 spiro atoms. The van der Waals surface area contributed by atoms with Gasteiger partial charge >= 0.3 is 17.9 Å². The first-order chi connectivity index (χ1) is 38.5. The molecule has 1 unspecified atom stereocenters. The molecule has 1 atom stereocenters. The lowest BCUT2D eigenvalue weighted by atomic mass is 10.0. The molecule has 0 heterocycles. The lowest BCUT2D eigenvalue weighted by Crippen LogP contribution is -2.30. The molecule has 0 aliphatic carbocycles. The first-order valence-electron chi connectivity index (χ1n) is 33.2. The van der Waals surface area contributed by atoms with Crippen molar-refractivity contribution in [3.05, 3.63) is 97.2 Å². The maximum atomic E-state index is 12.9. The van der Waals surface area contributed by atoms with Crippen LogP contribution in [-0.2, 0) is 28.6 Å². The number of ether oxygens (including phenoxy) is 3. The Morgan fingerprint density at radius 1 is 0.269 bits per heavy atom. The van der Waals surface area contributed by atoms with Gasteiger partial charge in [0.2, 0.25) is 0 Å². The molecule has 0 N–H and O–H groups in total. The van der Waals surface area contributed by atoms with Crippen molar-refractivity contribution in [1.29, 1.82) is 0 Å². The van der Waals surface area contributed by atoms with E-state index in [1.54, 1.807) is 0 Å². The van der Waals surface area contributed by atoms with E-state index in [0.717, 1.165) is 89.9 Å². The third-order valence-electron chi connectivity index (χ3n) is 14.3. The van der Waals surface area contributed by atoms with E-state index in [0.29, 0.717) is 19.3 Å². The number of allylic oxidation sites excluding steroid dienone is 16. The first-order valence-corrected chi connectivity index (χ1v) is 33.2. The molecule has 0 bridgehead atoms. The minimum Gasteiger partial charge on any atom is -0.462 e. The summed E-state index contributed by atoms with van der Waals surface area (Å²) >= 11 is 0. The molecule has 0 rings (SSSR count). The van der Waals surface area contributed by atoms with Gasteiger partial charge in [-0.25, -0.2) is 0 Å². The SMILES string of the molecule is CC/C=C\C/C=C\C/C=C\C/C=C\C/C=C\C/C=C\CCC(=O)OC(COC(=O)CCCCCCCCC/C=C\C/C=C\CCCCCC)COC(=O)CCCCCCCCCCCCCCCCCCCCCCCCC. The van der Waals surface area contributed by atoms with Crippen LogP contribution in [0.15, 0.2) is 97.2 Å². The van der Waals surface area contributed by atoms with Crippen molar-refractivity contribution in [2.75, 3.05) is 13.2 Å². The zero-order chi connectivity index (χ0) is 56.4. The first kappa shape index (κ1) is 74.3. The fraction of sp³-hybridized carbons (Fsp3) is 0.736. The van der Waals surface area contributed by atoms with Crippen molar-refractivity contribution < 1.29 is 28.6 Å². The molecule has 0 amide bonds. The van der Waals surface area contributed by atoms with Crippen LogP contribution in [0.2, 0.25) is 0 Å². The zero-order valence-corrected chi connectivity index (χ0v) is 51.4. The van der Waals surface area contributed by atoms with Crippen molar-refractivity contribution in [3.8, 4) is 0 Å². The van der Waals surface area contributed by atoms with Gasteiger partial charge in [-0.2, -0.15) is 0 Å². The second-order valence-corrected chi connectivity index (χ2v) is 22.0. The molecule has 0 aromatic heterocycles. The minimum absolute atomic E-state index is 0.108. The van der Waals surface area contributed by atoms with Crippen LogP contribution < -0.4 is 0 Å². The Bertz CT molecular complexity index is 1530. The quantitative estimate of drug-likeness (QED) is 0.0261. The number of carbonyl (C=O) groups is 3. The number of unbranched alkanes of at least 4 members (excludes halogenated alkanes) is 33. The molecular formula is C72H124O6. The average Bonchev–Trinajstić information content (AvgIpc) is 3.44. The van der Waals surface area contributed by atoms with E-state index in [1.807, 2.05) is 6.08 Å². The molecule has 0 fully saturated rings. The normalized spacial score (nSPS) is 12.7. The van der Waals surface area contributed by atoms with Gasteiger partial charge in [-0.1, -0.05) is 311 Å². The lowest BCUT2D eigenvalue weighted by molar-refractivity contribution is -0.166. The molecular weight excluding hydrogens is 961 g/mol. The van der Waals surface area contributed by atoms with Gasteiger partial charge in [-0.3, -0.25) is 14.4 Å². The summed E-state index contributed by atoms with van der Waals surface area (Å²) in [6.07, 6.45) is 88.6. The van der Waals surface area contributed by atoms with Crippen LogP contribution in [0, 0.1) is 0 Å². The highest BCUT2D eigenvalue weighted by Crippen LogP contribution is 2.17. The summed E-state index contributed by atoms with van der Waals surface area (Å²) in [4.78, 5) is 38.3. The van der Waals surface area contributed by atoms with Crippen molar-refractivity contribution in [1.82, 2.24) is 0 Å². The zero-order valence-electron chi connectivity index (χ0n) is 51.4. The standard InChI is InChI=1S/C72H124O6/c1-4-7-10-13-16-19-22-25-28-31-34-35-36-37-39-41-44-47-50-53-56-59-62-65-71(74)77-68-69(67-76-70(73)64-61-58-55-52-49-46-43-40-33-30-27-24-21-18-15-12-9-6-3)78-72(75)66-63-60-57-54-51-48-45-42-38-32-29-26-23-20-17-14-11-8-5-2/h8,11,17,20-21,24,26,29-30,33,38,42,48,51,57,60,69H,4-7,9-10,12-16,18-19,22-23,25,27-28,31-32,34-37,39-41,43-47,49-50,52-56,58-59,61-68H2,1-3H3/b11-8-,20-17-,24-21-,29-26-,33-30-,42-38-,51-48-,60-57-. The van der Waals surface area contributed by atoms with Crippen molar-refractivity contribution >= 4 is 17.9 Å². The maximum absolute atomic E-state index is 12.9. The second-order valence-electron chi connectivity index (χ2n) is 22.0. The molecule has 78 heavy (non-hydrogen) atoms. The maximum Gasteiger partial charge on any atom is 0.306 e. The summed E-state index contributed by atoms with van der Waals surface area (Å²) in [5.74, 6) is -0.988. The van der Waals surface area contributed by atoms with Crippen LogP contribution >= 0.6 is 0 Å².